The van der Waals surface area contributed by atoms with Crippen molar-refractivity contribution in [1.29, 1.82) is 0 Å². The highest BCUT2D eigenvalue weighted by Gasteiger charge is 2.21. The predicted octanol–water partition coefficient (Wildman–Crippen LogP) is 3.13. The van der Waals surface area contributed by atoms with E-state index in [1.807, 2.05) is 56.3 Å². The lowest BCUT2D eigenvalue weighted by Gasteiger charge is -2.16. The Hall–Kier alpha value is -2.82. The summed E-state index contributed by atoms with van der Waals surface area (Å²) in [6, 6.07) is 13.7. The zero-order valence-corrected chi connectivity index (χ0v) is 15.2. The number of amides is 2. The molecular formula is C21H24N2O3. The van der Waals surface area contributed by atoms with Gasteiger partial charge in [-0.1, -0.05) is 24.3 Å². The standard InChI is InChI=1S/C21H24N2O3/c1-15-5-6-16(2)19(12-15)26-14-20(24)22-13-17-7-9-18(10-8-17)23-11-3-4-21(23)25/h5-10,12H,3-4,11,13-14H2,1-2H3,(H,22,24). The number of anilines is 1. The van der Waals surface area contributed by atoms with Crippen molar-refractivity contribution >= 4 is 17.5 Å². The minimum atomic E-state index is -0.162. The molecule has 0 unspecified atom stereocenters. The summed E-state index contributed by atoms with van der Waals surface area (Å²) in [5.41, 5.74) is 4.01. The molecule has 2 amide bonds. The molecule has 0 saturated carbocycles. The first-order valence-electron chi connectivity index (χ1n) is 8.89. The molecule has 0 aromatic heterocycles. The second kappa shape index (κ2) is 8.04. The minimum Gasteiger partial charge on any atom is -0.483 e. The van der Waals surface area contributed by atoms with Gasteiger partial charge in [0.25, 0.3) is 5.91 Å². The largest absolute Gasteiger partial charge is 0.483 e. The van der Waals surface area contributed by atoms with Gasteiger partial charge in [-0.15, -0.1) is 0 Å². The first kappa shape index (κ1) is 18.0. The lowest BCUT2D eigenvalue weighted by molar-refractivity contribution is -0.123. The van der Waals surface area contributed by atoms with Gasteiger partial charge in [-0.2, -0.15) is 0 Å². The summed E-state index contributed by atoms with van der Waals surface area (Å²) in [4.78, 5) is 25.6. The van der Waals surface area contributed by atoms with E-state index in [0.717, 1.165) is 41.1 Å². The molecule has 0 bridgehead atoms. The first-order valence-corrected chi connectivity index (χ1v) is 8.89. The van der Waals surface area contributed by atoms with Crippen LogP contribution in [0.25, 0.3) is 0 Å². The van der Waals surface area contributed by atoms with E-state index in [0.29, 0.717) is 13.0 Å². The van der Waals surface area contributed by atoms with Gasteiger partial charge in [0.2, 0.25) is 5.91 Å². The summed E-state index contributed by atoms with van der Waals surface area (Å²) >= 11 is 0. The second-order valence-corrected chi connectivity index (χ2v) is 6.65. The molecule has 5 heteroatoms. The zero-order valence-electron chi connectivity index (χ0n) is 15.2. The van der Waals surface area contributed by atoms with Crippen molar-refractivity contribution in [3.8, 4) is 5.75 Å². The average Bonchev–Trinajstić information content (AvgIpc) is 3.07. The van der Waals surface area contributed by atoms with Crippen LogP contribution in [-0.4, -0.2) is 25.0 Å². The zero-order chi connectivity index (χ0) is 18.5. The monoisotopic (exact) mass is 352 g/mol. The molecule has 0 atom stereocenters. The highest BCUT2D eigenvalue weighted by atomic mass is 16.5. The van der Waals surface area contributed by atoms with Crippen molar-refractivity contribution < 1.29 is 14.3 Å². The Balaban J connectivity index is 1.48. The average molecular weight is 352 g/mol. The molecule has 2 aromatic carbocycles. The van der Waals surface area contributed by atoms with Crippen molar-refractivity contribution in [3.05, 3.63) is 59.2 Å². The van der Waals surface area contributed by atoms with E-state index in [2.05, 4.69) is 5.32 Å². The van der Waals surface area contributed by atoms with E-state index in [-0.39, 0.29) is 18.4 Å². The van der Waals surface area contributed by atoms with E-state index in [1.165, 1.54) is 0 Å². The highest BCUT2D eigenvalue weighted by Crippen LogP contribution is 2.21. The normalized spacial score (nSPS) is 13.8. The molecule has 1 aliphatic heterocycles. The molecule has 0 radical (unpaired) electrons. The van der Waals surface area contributed by atoms with Crippen LogP contribution < -0.4 is 15.0 Å². The number of benzene rings is 2. The van der Waals surface area contributed by atoms with Crippen molar-refractivity contribution in [3.63, 3.8) is 0 Å². The Morgan fingerprint density at radius 3 is 2.62 bits per heavy atom. The van der Waals surface area contributed by atoms with Gasteiger partial charge in [0, 0.05) is 25.2 Å². The molecule has 1 fully saturated rings. The van der Waals surface area contributed by atoms with Gasteiger partial charge in [-0.3, -0.25) is 9.59 Å². The Bertz CT molecular complexity index is 799. The SMILES string of the molecule is Cc1ccc(C)c(OCC(=O)NCc2ccc(N3CCCC3=O)cc2)c1. The maximum absolute atomic E-state index is 12.0. The first-order chi connectivity index (χ1) is 12.5. The molecule has 136 valence electrons. The summed E-state index contributed by atoms with van der Waals surface area (Å²) < 4.78 is 5.61. The molecule has 0 aliphatic carbocycles. The molecular weight excluding hydrogens is 328 g/mol. The summed E-state index contributed by atoms with van der Waals surface area (Å²) in [6.45, 7) is 5.16. The number of hydrogen-bond acceptors (Lipinski definition) is 3. The fraction of sp³-hybridized carbons (Fsp3) is 0.333. The molecule has 1 aliphatic rings. The summed E-state index contributed by atoms with van der Waals surface area (Å²) in [7, 11) is 0. The van der Waals surface area contributed by atoms with E-state index < -0.39 is 0 Å². The van der Waals surface area contributed by atoms with Gasteiger partial charge in [0.15, 0.2) is 6.61 Å². The van der Waals surface area contributed by atoms with Crippen LogP contribution in [0.5, 0.6) is 5.75 Å². The molecule has 26 heavy (non-hydrogen) atoms. The number of ether oxygens (including phenoxy) is 1. The van der Waals surface area contributed by atoms with Gasteiger partial charge in [0.1, 0.15) is 5.75 Å². The van der Waals surface area contributed by atoms with E-state index >= 15 is 0 Å². The van der Waals surface area contributed by atoms with Crippen LogP contribution in [0.4, 0.5) is 5.69 Å². The van der Waals surface area contributed by atoms with E-state index in [1.54, 1.807) is 4.90 Å². The third-order valence-electron chi connectivity index (χ3n) is 4.51. The molecule has 2 aromatic rings. The third-order valence-corrected chi connectivity index (χ3v) is 4.51. The van der Waals surface area contributed by atoms with Crippen LogP contribution in [0, 0.1) is 13.8 Å². The number of nitrogens with one attached hydrogen (secondary N) is 1. The number of carbonyl (C=O) groups is 2. The number of hydrogen-bond donors (Lipinski definition) is 1. The third kappa shape index (κ3) is 4.42. The Morgan fingerprint density at radius 1 is 1.15 bits per heavy atom. The molecule has 1 N–H and O–H groups in total. The predicted molar refractivity (Wildman–Crippen MR) is 101 cm³/mol. The van der Waals surface area contributed by atoms with Gasteiger partial charge in [0.05, 0.1) is 0 Å². The van der Waals surface area contributed by atoms with Crippen LogP contribution in [0.15, 0.2) is 42.5 Å². The van der Waals surface area contributed by atoms with Crippen LogP contribution in [0.1, 0.15) is 29.5 Å². The maximum Gasteiger partial charge on any atom is 0.258 e. The van der Waals surface area contributed by atoms with Crippen molar-refractivity contribution in [2.24, 2.45) is 0 Å². The maximum atomic E-state index is 12.0. The quantitative estimate of drug-likeness (QED) is 0.869. The molecule has 3 rings (SSSR count). The van der Waals surface area contributed by atoms with Crippen LogP contribution in [-0.2, 0) is 16.1 Å². The van der Waals surface area contributed by atoms with Crippen LogP contribution >= 0.6 is 0 Å². The Labute approximate surface area is 154 Å². The molecule has 1 saturated heterocycles. The lowest BCUT2D eigenvalue weighted by atomic mass is 10.1. The van der Waals surface area contributed by atoms with Gasteiger partial charge < -0.3 is 15.0 Å². The second-order valence-electron chi connectivity index (χ2n) is 6.65. The smallest absolute Gasteiger partial charge is 0.258 e. The lowest BCUT2D eigenvalue weighted by Crippen LogP contribution is -2.28. The molecule has 5 nitrogen and oxygen atoms in total. The van der Waals surface area contributed by atoms with Gasteiger partial charge in [-0.05, 0) is 55.2 Å². The van der Waals surface area contributed by atoms with Crippen LogP contribution in [0.2, 0.25) is 0 Å². The Kier molecular flexibility index (Phi) is 5.56. The highest BCUT2D eigenvalue weighted by molar-refractivity contribution is 5.95. The number of rotatable bonds is 6. The number of aryl methyl sites for hydroxylation is 2. The topological polar surface area (TPSA) is 58.6 Å². The van der Waals surface area contributed by atoms with Crippen molar-refractivity contribution in [2.45, 2.75) is 33.2 Å². The minimum absolute atomic E-state index is 0.00927. The fourth-order valence-electron chi connectivity index (χ4n) is 2.97. The number of nitrogens with zero attached hydrogens (tertiary/aromatic N) is 1. The summed E-state index contributed by atoms with van der Waals surface area (Å²) in [6.07, 6.45) is 1.54. The fourth-order valence-corrected chi connectivity index (χ4v) is 2.97. The van der Waals surface area contributed by atoms with E-state index in [9.17, 15) is 9.59 Å². The Morgan fingerprint density at radius 2 is 1.92 bits per heavy atom. The van der Waals surface area contributed by atoms with Crippen molar-refractivity contribution in [1.82, 2.24) is 5.32 Å². The van der Waals surface area contributed by atoms with Crippen molar-refractivity contribution in [2.75, 3.05) is 18.1 Å². The molecule has 1 heterocycles. The molecule has 0 spiro atoms. The van der Waals surface area contributed by atoms with Gasteiger partial charge in [-0.25, -0.2) is 0 Å². The van der Waals surface area contributed by atoms with E-state index in [4.69, 9.17) is 4.74 Å². The van der Waals surface area contributed by atoms with Crippen LogP contribution in [0.3, 0.4) is 0 Å². The number of carbonyl (C=O) groups excluding carboxylic acids is 2. The summed E-state index contributed by atoms with van der Waals surface area (Å²) in [5.74, 6) is 0.749. The van der Waals surface area contributed by atoms with Gasteiger partial charge >= 0.3 is 0 Å². The summed E-state index contributed by atoms with van der Waals surface area (Å²) in [5, 5.41) is 2.86.